The maximum absolute atomic E-state index is 13.1. The molecule has 2 rings (SSSR count). The van der Waals surface area contributed by atoms with Crippen LogP contribution in [0.15, 0.2) is 16.7 Å². The molecule has 21 heavy (non-hydrogen) atoms. The monoisotopic (exact) mass is 326 g/mol. The molecule has 4 nitrogen and oxygen atoms in total. The summed E-state index contributed by atoms with van der Waals surface area (Å²) in [7, 11) is 0. The zero-order valence-electron chi connectivity index (χ0n) is 11.3. The highest BCUT2D eigenvalue weighted by atomic mass is 35.5. The van der Waals surface area contributed by atoms with Crippen LogP contribution in [0.3, 0.4) is 0 Å². The number of furan rings is 1. The van der Waals surface area contributed by atoms with Gasteiger partial charge in [-0.15, -0.1) is 12.4 Å². The lowest BCUT2D eigenvalue weighted by molar-refractivity contribution is -0.164. The van der Waals surface area contributed by atoms with E-state index in [0.29, 0.717) is 18.6 Å². The molecule has 1 aliphatic rings. The van der Waals surface area contributed by atoms with Gasteiger partial charge < -0.3 is 15.5 Å². The van der Waals surface area contributed by atoms with Crippen LogP contribution in [0.4, 0.5) is 13.2 Å². The molecule has 3 N–H and O–H groups in total. The summed E-state index contributed by atoms with van der Waals surface area (Å²) in [6, 6.07) is -0.439. The second kappa shape index (κ2) is 7.17. The molecule has 1 unspecified atom stereocenters. The van der Waals surface area contributed by atoms with Crippen LogP contribution in [0, 0.1) is 5.92 Å². The minimum Gasteiger partial charge on any atom is -0.467 e. The Hall–Kier alpha value is -1.21. The fourth-order valence-corrected chi connectivity index (χ4v) is 2.59. The fraction of sp³-hybridized carbons (Fsp3) is 0.615. The van der Waals surface area contributed by atoms with Crippen LogP contribution in [0.1, 0.15) is 41.8 Å². The second-order valence-corrected chi connectivity index (χ2v) is 5.04. The van der Waals surface area contributed by atoms with Crippen molar-refractivity contribution in [1.82, 2.24) is 5.32 Å². The lowest BCUT2D eigenvalue weighted by atomic mass is 9.97. The first kappa shape index (κ1) is 17.8. The summed E-state index contributed by atoms with van der Waals surface area (Å²) in [5, 5.41) is 2.09. The van der Waals surface area contributed by atoms with Crippen LogP contribution < -0.4 is 11.1 Å². The quantitative estimate of drug-likeness (QED) is 0.893. The Kier molecular flexibility index (Phi) is 6.10. The van der Waals surface area contributed by atoms with E-state index < -0.39 is 24.0 Å². The number of carbonyl (C=O) groups excluding carboxylic acids is 1. The molecule has 1 heterocycles. The Labute approximate surface area is 126 Å². The van der Waals surface area contributed by atoms with Gasteiger partial charge in [-0.3, -0.25) is 4.79 Å². The summed E-state index contributed by atoms with van der Waals surface area (Å²) in [5.41, 5.74) is 5.40. The van der Waals surface area contributed by atoms with Crippen LogP contribution in [0.5, 0.6) is 0 Å². The molecule has 0 spiro atoms. The molecule has 0 aliphatic heterocycles. The maximum atomic E-state index is 13.1. The van der Waals surface area contributed by atoms with Gasteiger partial charge in [-0.25, -0.2) is 0 Å². The molecule has 1 aliphatic carbocycles. The van der Waals surface area contributed by atoms with Crippen molar-refractivity contribution in [3.8, 4) is 0 Å². The van der Waals surface area contributed by atoms with E-state index in [1.54, 1.807) is 0 Å². The summed E-state index contributed by atoms with van der Waals surface area (Å²) in [4.78, 5) is 11.9. The van der Waals surface area contributed by atoms with Crippen molar-refractivity contribution in [2.45, 2.75) is 44.4 Å². The van der Waals surface area contributed by atoms with Crippen LogP contribution >= 0.6 is 12.4 Å². The van der Waals surface area contributed by atoms with Gasteiger partial charge >= 0.3 is 6.18 Å². The van der Waals surface area contributed by atoms with E-state index in [1.807, 2.05) is 0 Å². The van der Waals surface area contributed by atoms with Gasteiger partial charge in [0.15, 0.2) is 0 Å². The summed E-state index contributed by atoms with van der Waals surface area (Å²) in [5.74, 6) is -0.956. The highest BCUT2D eigenvalue weighted by molar-refractivity contribution is 5.94. The van der Waals surface area contributed by atoms with E-state index in [-0.39, 0.29) is 24.5 Å². The number of nitrogens with one attached hydrogen (secondary N) is 1. The molecule has 8 heteroatoms. The van der Waals surface area contributed by atoms with Crippen molar-refractivity contribution in [3.63, 3.8) is 0 Å². The van der Waals surface area contributed by atoms with E-state index >= 15 is 0 Å². The van der Waals surface area contributed by atoms with E-state index in [0.717, 1.165) is 19.1 Å². The second-order valence-electron chi connectivity index (χ2n) is 5.04. The zero-order chi connectivity index (χ0) is 14.8. The number of alkyl halides is 3. The highest BCUT2D eigenvalue weighted by Crippen LogP contribution is 2.35. The number of amides is 1. The Balaban J connectivity index is 0.00000220. The molecule has 0 saturated heterocycles. The SMILES string of the molecule is Cl.NCc1cc(C(=O)NC(C2CCCC2)C(F)(F)F)co1. The van der Waals surface area contributed by atoms with Crippen LogP contribution in [0.2, 0.25) is 0 Å². The minimum atomic E-state index is -4.44. The lowest BCUT2D eigenvalue weighted by Gasteiger charge is -2.26. The summed E-state index contributed by atoms with van der Waals surface area (Å²) >= 11 is 0. The summed E-state index contributed by atoms with van der Waals surface area (Å²) in [6.45, 7) is 0.0958. The van der Waals surface area contributed by atoms with Crippen molar-refractivity contribution < 1.29 is 22.4 Å². The van der Waals surface area contributed by atoms with Gasteiger partial charge in [0.2, 0.25) is 0 Å². The average molecular weight is 327 g/mol. The van der Waals surface area contributed by atoms with Gasteiger partial charge in [0.25, 0.3) is 5.91 Å². The fourth-order valence-electron chi connectivity index (χ4n) is 2.59. The van der Waals surface area contributed by atoms with Gasteiger partial charge in [0.1, 0.15) is 18.1 Å². The van der Waals surface area contributed by atoms with Crippen LogP contribution in [0.25, 0.3) is 0 Å². The third kappa shape index (κ3) is 4.38. The third-order valence-electron chi connectivity index (χ3n) is 3.63. The van der Waals surface area contributed by atoms with E-state index in [9.17, 15) is 18.0 Å². The first-order valence-electron chi connectivity index (χ1n) is 6.57. The molecule has 1 aromatic rings. The van der Waals surface area contributed by atoms with Crippen molar-refractivity contribution in [3.05, 3.63) is 23.7 Å². The first-order chi connectivity index (χ1) is 9.41. The van der Waals surface area contributed by atoms with E-state index in [2.05, 4.69) is 5.32 Å². The Bertz CT molecular complexity index is 470. The van der Waals surface area contributed by atoms with Gasteiger partial charge in [-0.1, -0.05) is 12.8 Å². The minimum absolute atomic E-state index is 0. The van der Waals surface area contributed by atoms with Crippen molar-refractivity contribution in [1.29, 1.82) is 0 Å². The third-order valence-corrected chi connectivity index (χ3v) is 3.63. The molecule has 1 amide bonds. The molecule has 0 bridgehead atoms. The largest absolute Gasteiger partial charge is 0.467 e. The number of halogens is 4. The predicted molar refractivity (Wildman–Crippen MR) is 73.1 cm³/mol. The summed E-state index contributed by atoms with van der Waals surface area (Å²) < 4.78 is 44.1. The number of carbonyl (C=O) groups is 1. The Morgan fingerprint density at radius 2 is 2.05 bits per heavy atom. The van der Waals surface area contributed by atoms with Crippen LogP contribution in [-0.4, -0.2) is 18.1 Å². The molecular formula is C13H18ClF3N2O2. The smallest absolute Gasteiger partial charge is 0.408 e. The highest BCUT2D eigenvalue weighted by Gasteiger charge is 2.46. The topological polar surface area (TPSA) is 68.3 Å². The zero-order valence-corrected chi connectivity index (χ0v) is 12.1. The molecule has 1 saturated carbocycles. The van der Waals surface area contributed by atoms with Gasteiger partial charge in [-0.05, 0) is 24.8 Å². The number of hydrogen-bond donors (Lipinski definition) is 2. The Morgan fingerprint density at radius 1 is 1.43 bits per heavy atom. The lowest BCUT2D eigenvalue weighted by Crippen LogP contribution is -2.49. The van der Waals surface area contributed by atoms with E-state index in [1.165, 1.54) is 6.07 Å². The van der Waals surface area contributed by atoms with Crippen LogP contribution in [-0.2, 0) is 6.54 Å². The molecule has 1 fully saturated rings. The van der Waals surface area contributed by atoms with Crippen molar-refractivity contribution in [2.24, 2.45) is 11.7 Å². The molecule has 0 aromatic carbocycles. The Morgan fingerprint density at radius 3 is 2.52 bits per heavy atom. The van der Waals surface area contributed by atoms with E-state index in [4.69, 9.17) is 10.2 Å². The number of hydrogen-bond acceptors (Lipinski definition) is 3. The molecule has 1 atom stereocenters. The molecule has 0 radical (unpaired) electrons. The molecule has 120 valence electrons. The maximum Gasteiger partial charge on any atom is 0.408 e. The molecule has 1 aromatic heterocycles. The standard InChI is InChI=1S/C13H17F3N2O2.ClH/c14-13(15,16)11(8-3-1-2-4-8)18-12(19)9-5-10(6-17)20-7-9;/h5,7-8,11H,1-4,6,17H2,(H,18,19);1H. The van der Waals surface area contributed by atoms with Gasteiger partial charge in [0, 0.05) is 0 Å². The molecular weight excluding hydrogens is 309 g/mol. The normalized spacial score (nSPS) is 17.3. The number of rotatable bonds is 4. The number of nitrogens with two attached hydrogens (primary N) is 1. The van der Waals surface area contributed by atoms with Crippen molar-refractivity contribution >= 4 is 18.3 Å². The average Bonchev–Trinajstić information content (AvgIpc) is 3.04. The van der Waals surface area contributed by atoms with Crippen molar-refractivity contribution in [2.75, 3.05) is 0 Å². The van der Waals surface area contributed by atoms with Gasteiger partial charge in [0.05, 0.1) is 12.1 Å². The van der Waals surface area contributed by atoms with Gasteiger partial charge in [-0.2, -0.15) is 13.2 Å². The predicted octanol–water partition coefficient (Wildman–Crippen LogP) is 3.01. The first-order valence-corrected chi connectivity index (χ1v) is 6.57. The summed E-state index contributed by atoms with van der Waals surface area (Å²) in [6.07, 6.45) is -0.787.